The SMILES string of the molecule is CC.CC.CCC(=O)C(C)(CCCCN)NC(C)C. The van der Waals surface area contributed by atoms with E-state index in [9.17, 15) is 4.79 Å². The van der Waals surface area contributed by atoms with Gasteiger partial charge < -0.3 is 11.1 Å². The fraction of sp³-hybridized carbons (Fsp3) is 0.938. The van der Waals surface area contributed by atoms with Crippen LogP contribution in [0.3, 0.4) is 0 Å². The van der Waals surface area contributed by atoms with Crippen molar-refractivity contribution < 1.29 is 4.79 Å². The molecule has 0 fully saturated rings. The summed E-state index contributed by atoms with van der Waals surface area (Å²) in [5.74, 6) is 0.299. The number of hydrogen-bond acceptors (Lipinski definition) is 3. The van der Waals surface area contributed by atoms with Gasteiger partial charge in [0.05, 0.1) is 5.54 Å². The van der Waals surface area contributed by atoms with Crippen LogP contribution >= 0.6 is 0 Å². The minimum atomic E-state index is -0.363. The van der Waals surface area contributed by atoms with Gasteiger partial charge in [-0.25, -0.2) is 0 Å². The highest BCUT2D eigenvalue weighted by molar-refractivity contribution is 5.87. The smallest absolute Gasteiger partial charge is 0.152 e. The highest BCUT2D eigenvalue weighted by Crippen LogP contribution is 2.17. The van der Waals surface area contributed by atoms with Crippen molar-refractivity contribution in [2.24, 2.45) is 5.73 Å². The second-order valence-electron chi connectivity index (χ2n) is 4.65. The van der Waals surface area contributed by atoms with E-state index in [1.165, 1.54) is 0 Å². The predicted octanol–water partition coefficient (Wildman–Crippen LogP) is 3.90. The largest absolute Gasteiger partial charge is 0.330 e. The molecule has 0 rings (SSSR count). The molecule has 0 heterocycles. The van der Waals surface area contributed by atoms with Crippen LogP contribution in [-0.2, 0) is 4.79 Å². The fourth-order valence-electron chi connectivity index (χ4n) is 1.94. The van der Waals surface area contributed by atoms with E-state index in [0.717, 1.165) is 19.3 Å². The zero-order chi connectivity index (χ0) is 15.9. The molecule has 0 radical (unpaired) electrons. The monoisotopic (exact) mass is 274 g/mol. The third-order valence-corrected chi connectivity index (χ3v) is 2.67. The van der Waals surface area contributed by atoms with Gasteiger partial charge in [-0.3, -0.25) is 4.79 Å². The van der Waals surface area contributed by atoms with Gasteiger partial charge in [0.1, 0.15) is 0 Å². The van der Waals surface area contributed by atoms with Gasteiger partial charge in [0.15, 0.2) is 5.78 Å². The van der Waals surface area contributed by atoms with Crippen molar-refractivity contribution in [1.82, 2.24) is 5.32 Å². The van der Waals surface area contributed by atoms with Crippen molar-refractivity contribution in [2.75, 3.05) is 6.54 Å². The maximum absolute atomic E-state index is 11.9. The van der Waals surface area contributed by atoms with Crippen molar-refractivity contribution in [2.45, 2.75) is 92.7 Å². The Balaban J connectivity index is -0.000000579. The molecule has 0 bridgehead atoms. The Labute approximate surface area is 121 Å². The molecule has 0 aromatic rings. The first-order chi connectivity index (χ1) is 8.96. The standard InChI is InChI=1S/C12H26N2O.2C2H6/c1-5-11(15)12(4,14-10(2)3)8-6-7-9-13;2*1-2/h10,14H,5-9,13H2,1-4H3;2*1-2H3. The molecule has 3 N–H and O–H groups in total. The van der Waals surface area contributed by atoms with E-state index < -0.39 is 0 Å². The van der Waals surface area contributed by atoms with Crippen molar-refractivity contribution in [3.05, 3.63) is 0 Å². The van der Waals surface area contributed by atoms with Crippen molar-refractivity contribution >= 4 is 5.78 Å². The van der Waals surface area contributed by atoms with E-state index in [1.807, 2.05) is 41.5 Å². The summed E-state index contributed by atoms with van der Waals surface area (Å²) in [6.07, 6.45) is 3.48. The molecule has 3 heteroatoms. The molecule has 0 aliphatic heterocycles. The second kappa shape index (κ2) is 15.6. The van der Waals surface area contributed by atoms with Crippen molar-refractivity contribution in [3.8, 4) is 0 Å². The number of unbranched alkanes of at least 4 members (excludes halogenated alkanes) is 1. The van der Waals surface area contributed by atoms with E-state index in [4.69, 9.17) is 5.73 Å². The van der Waals surface area contributed by atoms with Gasteiger partial charge in [0.25, 0.3) is 0 Å². The van der Waals surface area contributed by atoms with Crippen LogP contribution in [0, 0.1) is 0 Å². The lowest BCUT2D eigenvalue weighted by atomic mass is 9.88. The maximum atomic E-state index is 11.9. The quantitative estimate of drug-likeness (QED) is 0.660. The number of carbonyl (C=O) groups is 1. The average Bonchev–Trinajstić information content (AvgIpc) is 2.41. The number of carbonyl (C=O) groups excluding carboxylic acids is 1. The Morgan fingerprint density at radius 2 is 1.63 bits per heavy atom. The first-order valence-corrected chi connectivity index (χ1v) is 7.97. The van der Waals surface area contributed by atoms with Gasteiger partial charge in [0, 0.05) is 12.5 Å². The number of rotatable bonds is 8. The van der Waals surface area contributed by atoms with Crippen LogP contribution < -0.4 is 11.1 Å². The average molecular weight is 274 g/mol. The van der Waals surface area contributed by atoms with E-state index in [-0.39, 0.29) is 5.54 Å². The fourth-order valence-corrected chi connectivity index (χ4v) is 1.94. The summed E-state index contributed by atoms with van der Waals surface area (Å²) < 4.78 is 0. The lowest BCUT2D eigenvalue weighted by Gasteiger charge is -2.31. The van der Waals surface area contributed by atoms with Gasteiger partial charge in [0.2, 0.25) is 0 Å². The predicted molar refractivity (Wildman–Crippen MR) is 87.6 cm³/mol. The van der Waals surface area contributed by atoms with E-state index in [0.29, 0.717) is 24.8 Å². The Kier molecular flexibility index (Phi) is 19.5. The summed E-state index contributed by atoms with van der Waals surface area (Å²) in [6, 6.07) is 0.336. The topological polar surface area (TPSA) is 55.1 Å². The molecule has 19 heavy (non-hydrogen) atoms. The lowest BCUT2D eigenvalue weighted by molar-refractivity contribution is -0.125. The Morgan fingerprint density at radius 3 is 1.95 bits per heavy atom. The van der Waals surface area contributed by atoms with E-state index in [1.54, 1.807) is 0 Å². The minimum absolute atomic E-state index is 0.299. The highest BCUT2D eigenvalue weighted by atomic mass is 16.1. The third-order valence-electron chi connectivity index (χ3n) is 2.67. The normalized spacial score (nSPS) is 12.7. The molecule has 0 saturated carbocycles. The zero-order valence-corrected chi connectivity index (χ0v) is 14.6. The number of ketones is 1. The van der Waals surface area contributed by atoms with Crippen LogP contribution in [0.5, 0.6) is 0 Å². The van der Waals surface area contributed by atoms with Crippen LogP contribution in [-0.4, -0.2) is 23.9 Å². The Bertz CT molecular complexity index is 193. The molecule has 118 valence electrons. The van der Waals surface area contributed by atoms with Gasteiger partial charge in [-0.05, 0) is 46.6 Å². The molecule has 0 aliphatic carbocycles. The molecule has 1 atom stereocenters. The molecular formula is C16H38N2O. The zero-order valence-electron chi connectivity index (χ0n) is 14.6. The van der Waals surface area contributed by atoms with Crippen LogP contribution in [0.15, 0.2) is 0 Å². The molecular weight excluding hydrogens is 236 g/mol. The molecule has 3 nitrogen and oxygen atoms in total. The number of nitrogens with one attached hydrogen (secondary N) is 1. The first kappa shape index (κ1) is 23.7. The number of hydrogen-bond donors (Lipinski definition) is 2. The summed E-state index contributed by atoms with van der Waals surface area (Å²) in [4.78, 5) is 11.9. The molecule has 0 spiro atoms. The summed E-state index contributed by atoms with van der Waals surface area (Å²) in [7, 11) is 0. The molecule has 0 saturated heterocycles. The number of Topliss-reactive ketones (excluding diaryl/α,β-unsaturated/α-hetero) is 1. The summed E-state index contributed by atoms with van der Waals surface area (Å²) in [5, 5.41) is 3.38. The van der Waals surface area contributed by atoms with Gasteiger partial charge in [-0.15, -0.1) is 0 Å². The molecule has 0 amide bonds. The second-order valence-corrected chi connectivity index (χ2v) is 4.65. The minimum Gasteiger partial charge on any atom is -0.330 e. The third kappa shape index (κ3) is 12.4. The first-order valence-electron chi connectivity index (χ1n) is 7.97. The Hall–Kier alpha value is -0.410. The summed E-state index contributed by atoms with van der Waals surface area (Å²) in [5.41, 5.74) is 5.10. The Morgan fingerprint density at radius 1 is 1.16 bits per heavy atom. The van der Waals surface area contributed by atoms with Gasteiger partial charge in [-0.2, -0.15) is 0 Å². The molecule has 1 unspecified atom stereocenters. The van der Waals surface area contributed by atoms with E-state index >= 15 is 0 Å². The maximum Gasteiger partial charge on any atom is 0.152 e. The van der Waals surface area contributed by atoms with Crippen molar-refractivity contribution in [3.63, 3.8) is 0 Å². The molecule has 0 aromatic carbocycles. The summed E-state index contributed by atoms with van der Waals surface area (Å²) in [6.45, 7) is 16.8. The van der Waals surface area contributed by atoms with Gasteiger partial charge in [-0.1, -0.05) is 34.6 Å². The van der Waals surface area contributed by atoms with Crippen molar-refractivity contribution in [1.29, 1.82) is 0 Å². The van der Waals surface area contributed by atoms with Crippen LogP contribution in [0.2, 0.25) is 0 Å². The number of nitrogens with two attached hydrogens (primary N) is 1. The van der Waals surface area contributed by atoms with Crippen LogP contribution in [0.25, 0.3) is 0 Å². The summed E-state index contributed by atoms with van der Waals surface area (Å²) >= 11 is 0. The lowest BCUT2D eigenvalue weighted by Crippen LogP contribution is -2.52. The highest BCUT2D eigenvalue weighted by Gasteiger charge is 2.30. The molecule has 0 aliphatic rings. The van der Waals surface area contributed by atoms with Crippen LogP contribution in [0.4, 0.5) is 0 Å². The van der Waals surface area contributed by atoms with E-state index in [2.05, 4.69) is 19.2 Å². The van der Waals surface area contributed by atoms with Crippen LogP contribution in [0.1, 0.15) is 81.1 Å². The molecule has 0 aromatic heterocycles. The van der Waals surface area contributed by atoms with Gasteiger partial charge >= 0.3 is 0 Å².